The number of hydrogen-bond donors (Lipinski definition) is 1. The number of aryl methyl sites for hydroxylation is 2. The third-order valence-electron chi connectivity index (χ3n) is 5.06. The zero-order chi connectivity index (χ0) is 20.8. The first-order valence-electron chi connectivity index (χ1n) is 9.41. The van der Waals surface area contributed by atoms with Crippen molar-refractivity contribution in [3.63, 3.8) is 0 Å². The molecule has 29 heavy (non-hydrogen) atoms. The Morgan fingerprint density at radius 2 is 1.76 bits per heavy atom. The van der Waals surface area contributed by atoms with Crippen LogP contribution >= 0.6 is 11.8 Å². The maximum absolute atomic E-state index is 12.3. The van der Waals surface area contributed by atoms with Gasteiger partial charge >= 0.3 is 0 Å². The van der Waals surface area contributed by atoms with E-state index in [9.17, 15) is 13.0 Å². The molecule has 1 atom stereocenters. The van der Waals surface area contributed by atoms with Crippen LogP contribution < -0.4 is 4.90 Å². The van der Waals surface area contributed by atoms with Gasteiger partial charge in [0.25, 0.3) is 10.1 Å². The molecule has 2 aromatic carbocycles. The number of anilines is 2. The molecule has 1 aliphatic heterocycles. The van der Waals surface area contributed by atoms with Crippen molar-refractivity contribution < 1.29 is 13.0 Å². The monoisotopic (exact) mass is 426 g/mol. The molecule has 0 aliphatic carbocycles. The average molecular weight is 427 g/mol. The summed E-state index contributed by atoms with van der Waals surface area (Å²) in [5.41, 5.74) is 5.10. The maximum Gasteiger partial charge on any atom is 0.286 e. The van der Waals surface area contributed by atoms with Crippen molar-refractivity contribution in [3.05, 3.63) is 65.9 Å². The van der Waals surface area contributed by atoms with Gasteiger partial charge in [0.2, 0.25) is 0 Å². The summed E-state index contributed by atoms with van der Waals surface area (Å²) in [5, 5.41) is -1.09. The molecule has 1 unspecified atom stereocenters. The number of aromatic nitrogens is 1. The van der Waals surface area contributed by atoms with Gasteiger partial charge < -0.3 is 4.90 Å². The fourth-order valence-electron chi connectivity index (χ4n) is 3.75. The highest BCUT2D eigenvalue weighted by molar-refractivity contribution is 7.99. The third-order valence-corrected chi connectivity index (χ3v) is 7.40. The lowest BCUT2D eigenvalue weighted by Crippen LogP contribution is -2.39. The molecule has 0 spiro atoms. The van der Waals surface area contributed by atoms with E-state index in [0.29, 0.717) is 0 Å². The maximum atomic E-state index is 12.3. The minimum atomic E-state index is -4.32. The number of hydrogen-bond acceptors (Lipinski definition) is 5. The number of fused-ring (bicyclic) bond motifs is 2. The molecular formula is C22H22N2O3S2. The van der Waals surface area contributed by atoms with E-state index in [0.717, 1.165) is 43.7 Å². The molecular weight excluding hydrogens is 404 g/mol. The fraction of sp³-hybridized carbons (Fsp3) is 0.227. The number of rotatable bonds is 4. The Morgan fingerprint density at radius 3 is 2.48 bits per heavy atom. The van der Waals surface area contributed by atoms with E-state index in [2.05, 4.69) is 0 Å². The molecule has 2 heterocycles. The summed E-state index contributed by atoms with van der Waals surface area (Å²) < 4.78 is 34.7. The summed E-state index contributed by atoms with van der Waals surface area (Å²) in [6, 6.07) is 17.6. The van der Waals surface area contributed by atoms with E-state index in [1.54, 1.807) is 23.6 Å². The molecule has 0 radical (unpaired) electrons. The molecule has 0 amide bonds. The Labute approximate surface area is 175 Å². The van der Waals surface area contributed by atoms with Crippen LogP contribution in [0.4, 0.5) is 11.4 Å². The van der Waals surface area contributed by atoms with Crippen molar-refractivity contribution in [2.45, 2.75) is 42.4 Å². The van der Waals surface area contributed by atoms with E-state index >= 15 is 0 Å². The highest BCUT2D eigenvalue weighted by Gasteiger charge is 2.37. The highest BCUT2D eigenvalue weighted by atomic mass is 32.2. The van der Waals surface area contributed by atoms with Crippen LogP contribution in [0.25, 0.3) is 11.3 Å². The summed E-state index contributed by atoms with van der Waals surface area (Å²) in [5.74, 6) is 0. The van der Waals surface area contributed by atoms with Crippen LogP contribution in [0.1, 0.15) is 24.6 Å². The van der Waals surface area contributed by atoms with E-state index < -0.39 is 15.5 Å². The Kier molecular flexibility index (Phi) is 5.14. The number of para-hydroxylation sites is 2. The van der Waals surface area contributed by atoms with Gasteiger partial charge in [0.15, 0.2) is 5.37 Å². The largest absolute Gasteiger partial charge is 0.319 e. The van der Waals surface area contributed by atoms with Gasteiger partial charge in [0.05, 0.1) is 17.1 Å². The predicted molar refractivity (Wildman–Crippen MR) is 117 cm³/mol. The molecule has 0 saturated carbocycles. The number of benzene rings is 2. The van der Waals surface area contributed by atoms with Gasteiger partial charge in [-0.15, -0.1) is 0 Å². The minimum absolute atomic E-state index is 0.242. The standard InChI is InChI=1S/C22H22N2O3S2/c1-4-20(29(25,26)27)24-17-9-5-6-10-18(17)28-19-11-7-8-16(22(19)24)21-14(2)12-13-15(3)23-21/h5-13,20H,4H2,1-3H3,(H,25,26,27). The normalized spacial score (nSPS) is 14.3. The summed E-state index contributed by atoms with van der Waals surface area (Å²) in [6.07, 6.45) is 0.242. The molecule has 0 fully saturated rings. The van der Waals surface area contributed by atoms with E-state index in [1.165, 1.54) is 0 Å². The Hall–Kier alpha value is -2.35. The van der Waals surface area contributed by atoms with Crippen LogP contribution in [0, 0.1) is 13.8 Å². The first-order chi connectivity index (χ1) is 13.8. The van der Waals surface area contributed by atoms with Crippen molar-refractivity contribution in [1.29, 1.82) is 0 Å². The Balaban J connectivity index is 2.05. The smallest absolute Gasteiger partial charge is 0.286 e. The SMILES string of the molecule is CCC(N1c2ccccc2Sc2cccc(-c3nc(C)ccc3C)c21)S(=O)(=O)O. The fourth-order valence-corrected chi connectivity index (χ4v) is 5.76. The quantitative estimate of drug-likeness (QED) is 0.548. The van der Waals surface area contributed by atoms with Crippen molar-refractivity contribution >= 4 is 33.3 Å². The number of nitrogens with zero attached hydrogens (tertiary/aromatic N) is 2. The van der Waals surface area contributed by atoms with Gasteiger partial charge in [-0.2, -0.15) is 8.42 Å². The second-order valence-electron chi connectivity index (χ2n) is 7.09. The van der Waals surface area contributed by atoms with Crippen LogP contribution in [-0.2, 0) is 10.1 Å². The summed E-state index contributed by atoms with van der Waals surface area (Å²) in [7, 11) is -4.32. The molecule has 0 saturated heterocycles. The van der Waals surface area contributed by atoms with Crippen molar-refractivity contribution in [1.82, 2.24) is 4.98 Å². The predicted octanol–water partition coefficient (Wildman–Crippen LogP) is 5.59. The second-order valence-corrected chi connectivity index (χ2v) is 9.75. The molecule has 1 aliphatic rings. The third kappa shape index (κ3) is 3.54. The van der Waals surface area contributed by atoms with Crippen molar-refractivity contribution in [3.8, 4) is 11.3 Å². The van der Waals surface area contributed by atoms with Crippen LogP contribution in [0.5, 0.6) is 0 Å². The minimum Gasteiger partial charge on any atom is -0.319 e. The zero-order valence-electron chi connectivity index (χ0n) is 16.5. The Bertz CT molecular complexity index is 1190. The zero-order valence-corrected chi connectivity index (χ0v) is 18.1. The van der Waals surface area contributed by atoms with E-state index in [4.69, 9.17) is 4.98 Å². The second kappa shape index (κ2) is 7.48. The van der Waals surface area contributed by atoms with Crippen molar-refractivity contribution in [2.24, 2.45) is 0 Å². The summed E-state index contributed by atoms with van der Waals surface area (Å²) in [4.78, 5) is 8.39. The van der Waals surface area contributed by atoms with Crippen LogP contribution in [-0.4, -0.2) is 23.3 Å². The molecule has 1 aromatic heterocycles. The van der Waals surface area contributed by atoms with Crippen LogP contribution in [0.15, 0.2) is 64.4 Å². The molecule has 4 rings (SSSR count). The number of pyridine rings is 1. The van der Waals surface area contributed by atoms with Crippen molar-refractivity contribution in [2.75, 3.05) is 4.90 Å². The molecule has 1 N–H and O–H groups in total. The van der Waals surface area contributed by atoms with Crippen LogP contribution in [0.3, 0.4) is 0 Å². The van der Waals surface area contributed by atoms with Gasteiger partial charge in [-0.1, -0.05) is 49.0 Å². The van der Waals surface area contributed by atoms with E-state index in [1.807, 2.05) is 68.4 Å². The summed E-state index contributed by atoms with van der Waals surface area (Å²) in [6.45, 7) is 5.70. The van der Waals surface area contributed by atoms with E-state index in [-0.39, 0.29) is 6.42 Å². The lowest BCUT2D eigenvalue weighted by atomic mass is 10.0. The first-order valence-corrected chi connectivity index (χ1v) is 11.7. The molecule has 150 valence electrons. The lowest BCUT2D eigenvalue weighted by Gasteiger charge is -2.38. The summed E-state index contributed by atoms with van der Waals surface area (Å²) >= 11 is 1.60. The first kappa shape index (κ1) is 19.9. The lowest BCUT2D eigenvalue weighted by molar-refractivity contribution is 0.464. The van der Waals surface area contributed by atoms with Gasteiger partial charge in [-0.05, 0) is 50.1 Å². The van der Waals surface area contributed by atoms with Gasteiger partial charge in [0, 0.05) is 21.0 Å². The molecule has 3 aromatic rings. The van der Waals surface area contributed by atoms with Gasteiger partial charge in [-0.25, -0.2) is 0 Å². The van der Waals surface area contributed by atoms with Gasteiger partial charge in [-0.3, -0.25) is 9.54 Å². The topological polar surface area (TPSA) is 70.5 Å². The average Bonchev–Trinajstić information content (AvgIpc) is 2.68. The molecule has 0 bridgehead atoms. The molecule has 7 heteroatoms. The molecule has 5 nitrogen and oxygen atoms in total. The van der Waals surface area contributed by atoms with Crippen LogP contribution in [0.2, 0.25) is 0 Å². The highest BCUT2D eigenvalue weighted by Crippen LogP contribution is 2.53. The Morgan fingerprint density at radius 1 is 1.03 bits per heavy atom. The van der Waals surface area contributed by atoms with Gasteiger partial charge in [0.1, 0.15) is 0 Å².